The lowest BCUT2D eigenvalue weighted by Crippen LogP contribution is -1.91. The van der Waals surface area contributed by atoms with E-state index in [1.165, 1.54) is 16.7 Å². The van der Waals surface area contributed by atoms with Crippen LogP contribution >= 0.6 is 12.2 Å². The van der Waals surface area contributed by atoms with Crippen LogP contribution in [0.1, 0.15) is 5.56 Å². The first-order valence-electron chi connectivity index (χ1n) is 4.90. The highest BCUT2D eigenvalue weighted by Gasteiger charge is 1.97. The summed E-state index contributed by atoms with van der Waals surface area (Å²) in [7, 11) is 1.97. The largest absolute Gasteiger partial charge is 0.342 e. The van der Waals surface area contributed by atoms with Crippen molar-refractivity contribution in [3.63, 3.8) is 0 Å². The first-order chi connectivity index (χ1) is 7.16. The summed E-state index contributed by atoms with van der Waals surface area (Å²) in [5, 5.41) is 0. The molecule has 15 heavy (non-hydrogen) atoms. The molecule has 0 unspecified atom stereocenters. The van der Waals surface area contributed by atoms with Gasteiger partial charge in [0, 0.05) is 13.2 Å². The van der Waals surface area contributed by atoms with Crippen molar-refractivity contribution < 1.29 is 0 Å². The Morgan fingerprint density at radius 1 is 0.933 bits per heavy atom. The quantitative estimate of drug-likeness (QED) is 0.656. The minimum atomic E-state index is 0.853. The molecule has 1 nitrogen and oxygen atoms in total. The predicted molar refractivity (Wildman–Crippen MR) is 66.4 cm³/mol. The lowest BCUT2D eigenvalue weighted by molar-refractivity contribution is 0.890. The van der Waals surface area contributed by atoms with Gasteiger partial charge in [-0.3, -0.25) is 0 Å². The first kappa shape index (κ1) is 10.1. The summed E-state index contributed by atoms with van der Waals surface area (Å²) >= 11 is 5.15. The van der Waals surface area contributed by atoms with Gasteiger partial charge in [-0.15, -0.1) is 0 Å². The van der Waals surface area contributed by atoms with E-state index in [4.69, 9.17) is 12.2 Å². The van der Waals surface area contributed by atoms with Crippen LogP contribution in [0.25, 0.3) is 11.1 Å². The number of rotatable bonds is 1. The van der Waals surface area contributed by atoms with E-state index < -0.39 is 0 Å². The maximum atomic E-state index is 5.15. The molecule has 0 aliphatic heterocycles. The van der Waals surface area contributed by atoms with Crippen molar-refractivity contribution in [2.75, 3.05) is 0 Å². The Hall–Kier alpha value is -1.41. The molecule has 0 N–H and O–H groups in total. The van der Waals surface area contributed by atoms with Crippen LogP contribution in [0, 0.1) is 11.6 Å². The average molecular weight is 215 g/mol. The molecule has 1 aromatic heterocycles. The molecule has 0 atom stereocenters. The minimum Gasteiger partial charge on any atom is -0.342 e. The second-order valence-corrected chi connectivity index (χ2v) is 4.15. The topological polar surface area (TPSA) is 4.93 Å². The van der Waals surface area contributed by atoms with E-state index >= 15 is 0 Å². The molecule has 2 aromatic rings. The second-order valence-electron chi connectivity index (χ2n) is 3.73. The molecule has 0 amide bonds. The molecule has 0 spiro atoms. The van der Waals surface area contributed by atoms with Gasteiger partial charge in [0.05, 0.1) is 0 Å². The van der Waals surface area contributed by atoms with Crippen LogP contribution in [0.4, 0.5) is 0 Å². The van der Waals surface area contributed by atoms with Gasteiger partial charge >= 0.3 is 0 Å². The Morgan fingerprint density at radius 2 is 1.53 bits per heavy atom. The summed E-state index contributed by atoms with van der Waals surface area (Å²) < 4.78 is 2.82. The van der Waals surface area contributed by atoms with Crippen molar-refractivity contribution in [3.8, 4) is 11.1 Å². The van der Waals surface area contributed by atoms with Gasteiger partial charge in [0.15, 0.2) is 0 Å². The van der Waals surface area contributed by atoms with Crippen molar-refractivity contribution in [3.05, 3.63) is 52.8 Å². The zero-order valence-electron chi connectivity index (χ0n) is 8.90. The summed E-state index contributed by atoms with van der Waals surface area (Å²) in [6.07, 6.45) is 2.06. The number of hydrogen-bond donors (Lipinski definition) is 0. The van der Waals surface area contributed by atoms with Crippen LogP contribution in [0.3, 0.4) is 0 Å². The summed E-state index contributed by atoms with van der Waals surface area (Å²) in [4.78, 5) is 0. The Morgan fingerprint density at radius 3 is 2.13 bits per heavy atom. The van der Waals surface area contributed by atoms with E-state index in [1.807, 2.05) is 17.7 Å². The number of nitrogens with zero attached hydrogens (tertiary/aromatic N) is 1. The Balaban J connectivity index is 2.50. The molecule has 0 saturated heterocycles. The molecule has 2 heteroatoms. The lowest BCUT2D eigenvalue weighted by Gasteiger charge is -2.05. The smallest absolute Gasteiger partial charge is 0.105 e. The molecule has 0 radical (unpaired) electrons. The standard InChI is InChI=1S/C13H13NS/c1-10-3-5-11(6-4-10)12-7-8-13(15)14(2)9-12/h3-9H,1-2H3. The molecular formula is C13H13NS. The third-order valence-electron chi connectivity index (χ3n) is 2.47. The highest BCUT2D eigenvalue weighted by molar-refractivity contribution is 7.71. The van der Waals surface area contributed by atoms with E-state index in [9.17, 15) is 0 Å². The van der Waals surface area contributed by atoms with Crippen molar-refractivity contribution in [1.29, 1.82) is 0 Å². The van der Waals surface area contributed by atoms with Crippen LogP contribution in [-0.4, -0.2) is 4.57 Å². The molecule has 0 aliphatic carbocycles. The molecule has 2 rings (SSSR count). The zero-order valence-corrected chi connectivity index (χ0v) is 9.71. The third kappa shape index (κ3) is 2.16. The fraction of sp³-hybridized carbons (Fsp3) is 0.154. The molecule has 0 aliphatic rings. The Kier molecular flexibility index (Phi) is 2.69. The van der Waals surface area contributed by atoms with Gasteiger partial charge < -0.3 is 4.57 Å². The van der Waals surface area contributed by atoms with Crippen molar-refractivity contribution in [2.24, 2.45) is 7.05 Å². The van der Waals surface area contributed by atoms with E-state index in [0.29, 0.717) is 0 Å². The summed E-state index contributed by atoms with van der Waals surface area (Å²) in [6.45, 7) is 2.09. The van der Waals surface area contributed by atoms with E-state index in [-0.39, 0.29) is 0 Å². The predicted octanol–water partition coefficient (Wildman–Crippen LogP) is 3.73. The van der Waals surface area contributed by atoms with Gasteiger partial charge in [0.25, 0.3) is 0 Å². The van der Waals surface area contributed by atoms with E-state index in [1.54, 1.807) is 0 Å². The SMILES string of the molecule is Cc1ccc(-c2ccc(=S)n(C)c2)cc1. The van der Waals surface area contributed by atoms with Crippen LogP contribution in [0.5, 0.6) is 0 Å². The fourth-order valence-electron chi connectivity index (χ4n) is 1.51. The normalized spacial score (nSPS) is 10.3. The monoisotopic (exact) mass is 215 g/mol. The number of pyridine rings is 1. The van der Waals surface area contributed by atoms with Crippen LogP contribution in [0.15, 0.2) is 42.6 Å². The molecule has 76 valence electrons. The van der Waals surface area contributed by atoms with Gasteiger partial charge in [-0.2, -0.15) is 0 Å². The van der Waals surface area contributed by atoms with Crippen LogP contribution in [0.2, 0.25) is 0 Å². The number of hydrogen-bond acceptors (Lipinski definition) is 1. The van der Waals surface area contributed by atoms with Gasteiger partial charge in [-0.05, 0) is 30.2 Å². The molecule has 0 fully saturated rings. The fourth-order valence-corrected chi connectivity index (χ4v) is 1.63. The minimum absolute atomic E-state index is 0.853. The van der Waals surface area contributed by atoms with E-state index in [0.717, 1.165) is 4.64 Å². The van der Waals surface area contributed by atoms with Crippen molar-refractivity contribution in [2.45, 2.75) is 6.92 Å². The van der Waals surface area contributed by atoms with Gasteiger partial charge in [-0.1, -0.05) is 42.0 Å². The summed E-state index contributed by atoms with van der Waals surface area (Å²) in [5.41, 5.74) is 3.71. The van der Waals surface area contributed by atoms with Crippen LogP contribution < -0.4 is 0 Å². The number of aromatic nitrogens is 1. The average Bonchev–Trinajstić information content (AvgIpc) is 2.23. The Labute approximate surface area is 95.0 Å². The van der Waals surface area contributed by atoms with Crippen LogP contribution in [-0.2, 0) is 7.05 Å². The van der Waals surface area contributed by atoms with E-state index in [2.05, 4.69) is 43.5 Å². The third-order valence-corrected chi connectivity index (χ3v) is 2.89. The summed E-state index contributed by atoms with van der Waals surface area (Å²) in [6, 6.07) is 12.5. The van der Waals surface area contributed by atoms with Gasteiger partial charge in [-0.25, -0.2) is 0 Å². The maximum Gasteiger partial charge on any atom is 0.105 e. The molecule has 0 bridgehead atoms. The molecular weight excluding hydrogens is 202 g/mol. The van der Waals surface area contributed by atoms with Gasteiger partial charge in [0.1, 0.15) is 4.64 Å². The van der Waals surface area contributed by atoms with Crippen molar-refractivity contribution in [1.82, 2.24) is 4.57 Å². The number of benzene rings is 1. The first-order valence-corrected chi connectivity index (χ1v) is 5.31. The Bertz CT molecular complexity index is 523. The lowest BCUT2D eigenvalue weighted by atomic mass is 10.1. The molecule has 0 saturated carbocycles. The molecule has 1 heterocycles. The van der Waals surface area contributed by atoms with Crippen molar-refractivity contribution >= 4 is 12.2 Å². The maximum absolute atomic E-state index is 5.15. The number of aryl methyl sites for hydroxylation is 2. The molecule has 1 aromatic carbocycles. The zero-order chi connectivity index (χ0) is 10.8. The second kappa shape index (κ2) is 3.99. The van der Waals surface area contributed by atoms with Gasteiger partial charge in [0.2, 0.25) is 0 Å². The summed E-state index contributed by atoms with van der Waals surface area (Å²) in [5.74, 6) is 0. The highest BCUT2D eigenvalue weighted by atomic mass is 32.1. The highest BCUT2D eigenvalue weighted by Crippen LogP contribution is 2.18.